The van der Waals surface area contributed by atoms with Gasteiger partial charge >= 0.3 is 0 Å². The Morgan fingerprint density at radius 2 is 1.87 bits per heavy atom. The lowest BCUT2D eigenvalue weighted by atomic mass is 10.2. The second kappa shape index (κ2) is 8.50. The van der Waals surface area contributed by atoms with Crippen LogP contribution in [0.1, 0.15) is 17.0 Å². The van der Waals surface area contributed by atoms with Crippen LogP contribution in [0.2, 0.25) is 0 Å². The highest BCUT2D eigenvalue weighted by molar-refractivity contribution is 7.99. The summed E-state index contributed by atoms with van der Waals surface area (Å²) in [6.45, 7) is 5.86. The number of carbonyl (C=O) groups is 1. The van der Waals surface area contributed by atoms with E-state index >= 15 is 0 Å². The number of rotatable bonds is 6. The molecule has 9 heteroatoms. The van der Waals surface area contributed by atoms with Gasteiger partial charge in [0.2, 0.25) is 5.91 Å². The molecule has 0 fully saturated rings. The van der Waals surface area contributed by atoms with Crippen molar-refractivity contribution in [2.45, 2.75) is 25.9 Å². The molecule has 0 unspecified atom stereocenters. The first-order chi connectivity index (χ1) is 14.5. The van der Waals surface area contributed by atoms with E-state index in [-0.39, 0.29) is 11.7 Å². The number of hydrogen-bond acceptors (Lipinski definition) is 6. The number of thioether (sulfide) groups is 1. The molecule has 30 heavy (non-hydrogen) atoms. The summed E-state index contributed by atoms with van der Waals surface area (Å²) < 4.78 is 3.65. The maximum absolute atomic E-state index is 12.6. The van der Waals surface area contributed by atoms with E-state index in [1.54, 1.807) is 10.9 Å². The van der Waals surface area contributed by atoms with Crippen LogP contribution in [0.5, 0.6) is 0 Å². The Morgan fingerprint density at radius 3 is 2.63 bits per heavy atom. The number of hydrogen-bond donors (Lipinski definition) is 1. The molecule has 0 aliphatic rings. The molecule has 8 nitrogen and oxygen atoms in total. The number of nitrogens with one attached hydrogen (secondary N) is 1. The van der Waals surface area contributed by atoms with Crippen molar-refractivity contribution < 1.29 is 4.79 Å². The molecule has 0 radical (unpaired) electrons. The van der Waals surface area contributed by atoms with Crippen LogP contribution in [0.4, 0.5) is 5.69 Å². The summed E-state index contributed by atoms with van der Waals surface area (Å²) in [5.41, 5.74) is 4.74. The molecule has 0 saturated carbocycles. The summed E-state index contributed by atoms with van der Waals surface area (Å²) in [4.78, 5) is 17.0. The number of amides is 1. The second-order valence-corrected chi connectivity index (χ2v) is 7.78. The number of nitrogens with zero attached hydrogens (tertiary/aromatic N) is 6. The maximum Gasteiger partial charge on any atom is 0.234 e. The minimum absolute atomic E-state index is 0.109. The van der Waals surface area contributed by atoms with Crippen LogP contribution < -0.4 is 5.32 Å². The molecule has 4 aromatic rings. The number of anilines is 1. The fourth-order valence-electron chi connectivity index (χ4n) is 3.11. The third-order valence-corrected chi connectivity index (χ3v) is 5.63. The predicted octanol–water partition coefficient (Wildman–Crippen LogP) is 3.50. The van der Waals surface area contributed by atoms with E-state index < -0.39 is 0 Å². The van der Waals surface area contributed by atoms with E-state index in [0.717, 1.165) is 27.7 Å². The van der Waals surface area contributed by atoms with Crippen molar-refractivity contribution in [1.82, 2.24) is 29.8 Å². The van der Waals surface area contributed by atoms with Crippen molar-refractivity contribution in [1.29, 1.82) is 0 Å². The average molecular weight is 420 g/mol. The Hall–Kier alpha value is -3.46. The van der Waals surface area contributed by atoms with Crippen LogP contribution in [0.15, 0.2) is 60.0 Å². The van der Waals surface area contributed by atoms with E-state index in [4.69, 9.17) is 0 Å². The van der Waals surface area contributed by atoms with Crippen molar-refractivity contribution in [2.24, 2.45) is 0 Å². The normalized spacial score (nSPS) is 10.9. The lowest BCUT2D eigenvalue weighted by Gasteiger charge is -2.11. The molecule has 0 bridgehead atoms. The quantitative estimate of drug-likeness (QED) is 0.481. The van der Waals surface area contributed by atoms with Crippen LogP contribution in [0.25, 0.3) is 11.4 Å². The standard InChI is InChI=1S/C21H21N7OS/c1-14-6-4-5-7-18(14)27-11-10-22-21(27)30-13-20(29)23-17-9-8-15(2)19(12-17)28-16(3)24-25-26-28/h4-12H,13H2,1-3H3,(H,23,29). The number of benzene rings is 2. The fraction of sp³-hybridized carbons (Fsp3) is 0.190. The first kappa shape index (κ1) is 19.8. The lowest BCUT2D eigenvalue weighted by molar-refractivity contribution is -0.113. The van der Waals surface area contributed by atoms with Gasteiger partial charge in [0.1, 0.15) is 0 Å². The van der Waals surface area contributed by atoms with Crippen molar-refractivity contribution in [3.8, 4) is 11.4 Å². The lowest BCUT2D eigenvalue weighted by Crippen LogP contribution is -2.15. The summed E-state index contributed by atoms with van der Waals surface area (Å²) >= 11 is 1.39. The zero-order chi connectivity index (χ0) is 21.1. The van der Waals surface area contributed by atoms with Crippen LogP contribution >= 0.6 is 11.8 Å². The average Bonchev–Trinajstić information content (AvgIpc) is 3.37. The topological polar surface area (TPSA) is 90.5 Å². The van der Waals surface area contributed by atoms with E-state index in [1.165, 1.54) is 11.8 Å². The van der Waals surface area contributed by atoms with Crippen LogP contribution in [-0.4, -0.2) is 41.4 Å². The molecule has 0 spiro atoms. The van der Waals surface area contributed by atoms with Crippen molar-refractivity contribution in [2.75, 3.05) is 11.1 Å². The van der Waals surface area contributed by atoms with Crippen LogP contribution in [0.3, 0.4) is 0 Å². The third-order valence-electron chi connectivity index (χ3n) is 4.66. The third kappa shape index (κ3) is 4.11. The van der Waals surface area contributed by atoms with Crippen molar-refractivity contribution in [3.63, 3.8) is 0 Å². The van der Waals surface area contributed by atoms with Gasteiger partial charge in [-0.1, -0.05) is 36.0 Å². The van der Waals surface area contributed by atoms with E-state index in [0.29, 0.717) is 11.5 Å². The van der Waals surface area contributed by atoms with Gasteiger partial charge in [0.15, 0.2) is 11.0 Å². The van der Waals surface area contributed by atoms with Gasteiger partial charge in [-0.15, -0.1) is 5.10 Å². The van der Waals surface area contributed by atoms with Gasteiger partial charge in [-0.05, 0) is 60.5 Å². The van der Waals surface area contributed by atoms with Crippen molar-refractivity contribution >= 4 is 23.4 Å². The molecule has 2 aromatic heterocycles. The maximum atomic E-state index is 12.6. The molecule has 0 aliphatic heterocycles. The zero-order valence-corrected chi connectivity index (χ0v) is 17.7. The smallest absolute Gasteiger partial charge is 0.234 e. The highest BCUT2D eigenvalue weighted by atomic mass is 32.2. The Balaban J connectivity index is 1.45. The van der Waals surface area contributed by atoms with Gasteiger partial charge in [0, 0.05) is 18.1 Å². The largest absolute Gasteiger partial charge is 0.325 e. The predicted molar refractivity (Wildman–Crippen MR) is 116 cm³/mol. The highest BCUT2D eigenvalue weighted by Gasteiger charge is 2.12. The van der Waals surface area contributed by atoms with Crippen LogP contribution in [-0.2, 0) is 4.79 Å². The molecule has 0 saturated heterocycles. The molecule has 2 aromatic carbocycles. The minimum atomic E-state index is -0.109. The molecule has 152 valence electrons. The van der Waals surface area contributed by atoms with E-state index in [2.05, 4.69) is 38.8 Å². The number of tetrazole rings is 1. The van der Waals surface area contributed by atoms with Gasteiger partial charge in [-0.25, -0.2) is 4.98 Å². The number of aromatic nitrogens is 6. The molecular weight excluding hydrogens is 398 g/mol. The molecular formula is C21H21N7OS. The summed E-state index contributed by atoms with van der Waals surface area (Å²) in [6.07, 6.45) is 3.65. The second-order valence-electron chi connectivity index (χ2n) is 6.84. The van der Waals surface area contributed by atoms with Crippen LogP contribution in [0, 0.1) is 20.8 Å². The van der Waals surface area contributed by atoms with Gasteiger partial charge in [0.05, 0.1) is 17.1 Å². The Kier molecular flexibility index (Phi) is 5.62. The molecule has 0 aliphatic carbocycles. The Morgan fingerprint density at radius 1 is 1.07 bits per heavy atom. The number of para-hydroxylation sites is 1. The Bertz CT molecular complexity index is 1200. The first-order valence-electron chi connectivity index (χ1n) is 9.41. The fourth-order valence-corrected chi connectivity index (χ4v) is 3.88. The molecule has 1 N–H and O–H groups in total. The highest BCUT2D eigenvalue weighted by Crippen LogP contribution is 2.23. The summed E-state index contributed by atoms with van der Waals surface area (Å²) in [7, 11) is 0. The van der Waals surface area contributed by atoms with Crippen molar-refractivity contribution in [3.05, 3.63) is 71.8 Å². The first-order valence-corrected chi connectivity index (χ1v) is 10.4. The van der Waals surface area contributed by atoms with Gasteiger partial charge in [-0.2, -0.15) is 4.68 Å². The number of carbonyl (C=O) groups excluding carboxylic acids is 1. The SMILES string of the molecule is Cc1ccccc1-n1ccnc1SCC(=O)Nc1ccc(C)c(-n2nnnc2C)c1. The van der Waals surface area contributed by atoms with E-state index in [1.807, 2.05) is 61.0 Å². The molecule has 0 atom stereocenters. The monoisotopic (exact) mass is 419 g/mol. The Labute approximate surface area is 178 Å². The summed E-state index contributed by atoms with van der Waals surface area (Å²) in [6, 6.07) is 13.8. The molecule has 2 heterocycles. The molecule has 4 rings (SSSR count). The number of imidazole rings is 1. The summed E-state index contributed by atoms with van der Waals surface area (Å²) in [5.74, 6) is 0.818. The van der Waals surface area contributed by atoms with Gasteiger partial charge < -0.3 is 5.32 Å². The zero-order valence-electron chi connectivity index (χ0n) is 16.9. The summed E-state index contributed by atoms with van der Waals surface area (Å²) in [5, 5.41) is 15.3. The van der Waals surface area contributed by atoms with Gasteiger partial charge in [0.25, 0.3) is 0 Å². The number of aryl methyl sites for hydroxylation is 3. The molecule has 1 amide bonds. The van der Waals surface area contributed by atoms with E-state index in [9.17, 15) is 4.79 Å². The van der Waals surface area contributed by atoms with Gasteiger partial charge in [-0.3, -0.25) is 9.36 Å². The minimum Gasteiger partial charge on any atom is -0.325 e.